The molecule has 8 heterocycles. The van der Waals surface area contributed by atoms with E-state index < -0.39 is 75.4 Å². The number of hydrogen-bond acceptors (Lipinski definition) is 16. The van der Waals surface area contributed by atoms with Crippen molar-refractivity contribution in [2.24, 2.45) is 0 Å². The molecule has 2 unspecified atom stereocenters. The second-order valence-corrected chi connectivity index (χ2v) is 16.1. The molecule has 0 saturated carbocycles. The molecule has 8 rings (SSSR count). The number of alkyl halides is 1. The fourth-order valence-electron chi connectivity index (χ4n) is 5.80. The van der Waals surface area contributed by atoms with Crippen LogP contribution in [-0.4, -0.2) is 99.9 Å². The maximum absolute atomic E-state index is 16.0. The van der Waals surface area contributed by atoms with Gasteiger partial charge in [0.2, 0.25) is 0 Å². The zero-order chi connectivity index (χ0) is 30.4. The van der Waals surface area contributed by atoms with Crippen molar-refractivity contribution in [2.75, 3.05) is 25.6 Å². The zero-order valence-electron chi connectivity index (χ0n) is 22.0. The molecule has 0 radical (unpaired) electrons. The standard InChI is InChI=1S/C21H22FN9O9P2S2/c22-11-13-10(37-19(11)30-7-28-9-1-24-5-26-17(9)30)2-35-41(32,43)40-15-14-20(31-8-29-12-16(23)25-6-27-18(12)31)38-21(15,3-34-14)4-36-42(33,44)39-13/h1,5-8,10-11,13-15,19-20H,2-4H2,(H,32,43)(H,33,44)(H2,23,25,27)/t10-,11-,13-,14-,15+,19-,20-,21+,41?,42?/m1/s1. The van der Waals surface area contributed by atoms with E-state index >= 15 is 4.39 Å². The van der Waals surface area contributed by atoms with Crippen LogP contribution in [0.15, 0.2) is 31.5 Å². The molecule has 10 atom stereocenters. The molecule has 234 valence electrons. The Hall–Kier alpha value is -2.26. The molecule has 4 fully saturated rings. The molecule has 0 aromatic carbocycles. The van der Waals surface area contributed by atoms with Gasteiger partial charge in [0.1, 0.15) is 53.7 Å². The molecule has 44 heavy (non-hydrogen) atoms. The fourth-order valence-corrected chi connectivity index (χ4v) is 8.76. The van der Waals surface area contributed by atoms with Gasteiger partial charge in [-0.1, -0.05) is 12.2 Å². The van der Waals surface area contributed by atoms with Crippen molar-refractivity contribution < 1.29 is 46.2 Å². The number of hydrogen-bond donors (Lipinski definition) is 3. The molecule has 18 nitrogen and oxygen atoms in total. The number of ether oxygens (including phenoxy) is 3. The van der Waals surface area contributed by atoms with Gasteiger partial charge in [0.25, 0.3) is 0 Å². The summed E-state index contributed by atoms with van der Waals surface area (Å²) in [6.45, 7) is -9.44. The number of aromatic nitrogens is 8. The molecule has 4 aliphatic heterocycles. The lowest BCUT2D eigenvalue weighted by Gasteiger charge is -2.34. The van der Waals surface area contributed by atoms with Crippen LogP contribution in [0.2, 0.25) is 0 Å². The summed E-state index contributed by atoms with van der Waals surface area (Å²) in [6.07, 6.45) is -2.10. The number of thiol groups is 1. The van der Waals surface area contributed by atoms with E-state index in [2.05, 4.69) is 42.2 Å². The highest BCUT2D eigenvalue weighted by atomic mass is 32.7. The average Bonchev–Trinajstić information content (AvgIpc) is 3.80. The number of fused-ring (bicyclic) bond motifs is 3. The predicted molar refractivity (Wildman–Crippen MR) is 151 cm³/mol. The Morgan fingerprint density at radius 2 is 1.84 bits per heavy atom. The normalized spacial score (nSPS) is 40.9. The van der Waals surface area contributed by atoms with Crippen molar-refractivity contribution in [3.8, 4) is 0 Å². The van der Waals surface area contributed by atoms with Gasteiger partial charge in [0.15, 0.2) is 35.7 Å². The van der Waals surface area contributed by atoms with Crippen LogP contribution in [0, 0.1) is 0 Å². The maximum Gasteiger partial charge on any atom is 0.386 e. The van der Waals surface area contributed by atoms with Crippen LogP contribution in [0.3, 0.4) is 0 Å². The van der Waals surface area contributed by atoms with E-state index in [1.807, 2.05) is 0 Å². The average molecular weight is 690 g/mol. The first-order chi connectivity index (χ1) is 21.0. The largest absolute Gasteiger partial charge is 0.386 e. The minimum atomic E-state index is -4.30. The van der Waals surface area contributed by atoms with Gasteiger partial charge in [0, 0.05) is 0 Å². The van der Waals surface area contributed by atoms with Crippen LogP contribution < -0.4 is 5.73 Å². The number of nitrogens with two attached hydrogens (primary N) is 1. The number of rotatable bonds is 2. The smallest absolute Gasteiger partial charge is 0.382 e. The van der Waals surface area contributed by atoms with Crippen molar-refractivity contribution in [3.05, 3.63) is 31.5 Å². The summed E-state index contributed by atoms with van der Waals surface area (Å²) in [5, 5.41) is 0. The monoisotopic (exact) mass is 689 g/mol. The molecule has 4 aromatic rings. The summed E-state index contributed by atoms with van der Waals surface area (Å²) in [6, 6.07) is 0. The third-order valence-corrected chi connectivity index (χ3v) is 10.9. The maximum atomic E-state index is 16.0. The van der Waals surface area contributed by atoms with Gasteiger partial charge in [-0.3, -0.25) is 22.7 Å². The van der Waals surface area contributed by atoms with Gasteiger partial charge in [-0.15, -0.1) is 0 Å². The summed E-state index contributed by atoms with van der Waals surface area (Å²) in [4.78, 5) is 35.8. The Balaban J connectivity index is 1.10. The van der Waals surface area contributed by atoms with Gasteiger partial charge in [-0.2, -0.15) is 0 Å². The minimum Gasteiger partial charge on any atom is -0.382 e. The van der Waals surface area contributed by atoms with E-state index in [-0.39, 0.29) is 12.4 Å². The van der Waals surface area contributed by atoms with E-state index in [4.69, 9.17) is 49.8 Å². The second kappa shape index (κ2) is 10.4. The first kappa shape index (κ1) is 29.2. The number of anilines is 1. The molecule has 0 aliphatic carbocycles. The first-order valence-electron chi connectivity index (χ1n) is 13.0. The van der Waals surface area contributed by atoms with Gasteiger partial charge < -0.3 is 29.4 Å². The van der Waals surface area contributed by atoms with E-state index in [0.29, 0.717) is 22.3 Å². The predicted octanol–water partition coefficient (Wildman–Crippen LogP) is 1.22. The minimum absolute atomic E-state index is 0.107. The second-order valence-electron chi connectivity index (χ2n) is 10.4. The highest BCUT2D eigenvalue weighted by Crippen LogP contribution is 2.61. The topological polar surface area (TPSA) is 215 Å². The van der Waals surface area contributed by atoms with E-state index in [1.165, 1.54) is 36.1 Å². The fraction of sp³-hybridized carbons (Fsp3) is 0.524. The third-order valence-electron chi connectivity index (χ3n) is 7.79. The lowest BCUT2D eigenvalue weighted by molar-refractivity contribution is -0.183. The lowest BCUT2D eigenvalue weighted by Crippen LogP contribution is -2.46. The molecule has 4 saturated heterocycles. The van der Waals surface area contributed by atoms with Crippen LogP contribution in [-0.2, 0) is 48.7 Å². The van der Waals surface area contributed by atoms with Gasteiger partial charge in [-0.05, 0) is 11.8 Å². The molecule has 3 N–H and O–H groups in total. The Morgan fingerprint density at radius 1 is 1.05 bits per heavy atom. The molecular formula is C21H22FN9O9P2S2. The van der Waals surface area contributed by atoms with Crippen molar-refractivity contribution in [2.45, 2.75) is 48.6 Å². The van der Waals surface area contributed by atoms with E-state index in [1.54, 1.807) is 4.57 Å². The summed E-state index contributed by atoms with van der Waals surface area (Å²) in [7, 11) is 0. The van der Waals surface area contributed by atoms with E-state index in [9.17, 15) is 9.46 Å². The van der Waals surface area contributed by atoms with E-state index in [0.717, 1.165) is 0 Å². The summed E-state index contributed by atoms with van der Waals surface area (Å²) < 4.78 is 73.7. The van der Waals surface area contributed by atoms with Crippen molar-refractivity contribution >= 4 is 65.7 Å². The van der Waals surface area contributed by atoms with Crippen LogP contribution >= 0.6 is 25.8 Å². The molecule has 4 aliphatic rings. The molecule has 0 spiro atoms. The highest BCUT2D eigenvalue weighted by molar-refractivity contribution is 8.44. The number of imidazole rings is 2. The van der Waals surface area contributed by atoms with Crippen LogP contribution in [0.25, 0.3) is 22.3 Å². The first-order valence-corrected chi connectivity index (χ1v) is 18.3. The van der Waals surface area contributed by atoms with Crippen LogP contribution in [0.4, 0.5) is 10.2 Å². The van der Waals surface area contributed by atoms with Crippen molar-refractivity contribution in [3.63, 3.8) is 0 Å². The lowest BCUT2D eigenvalue weighted by atomic mass is 10.0. The van der Waals surface area contributed by atoms with Gasteiger partial charge in [-0.25, -0.2) is 38.9 Å². The SMILES string of the molecule is Nc1ncnc2c1ncn2[C@@H]1O[C@]23CO[C@@H]1[C@@H]2OP(O)(=S)OC[C@H]1O[C@@H](n2cnc4cncnc42)[C@H](F)[C@@H]1OP(=O)(S)OC3. The molecule has 2 bridgehead atoms. The zero-order valence-corrected chi connectivity index (χ0v) is 25.5. The Bertz CT molecular complexity index is 1870. The summed E-state index contributed by atoms with van der Waals surface area (Å²) in [5.74, 6) is 0.158. The molecule has 23 heteroatoms. The number of nitrogen functional groups attached to an aromatic ring is 1. The van der Waals surface area contributed by atoms with Crippen LogP contribution in [0.1, 0.15) is 12.5 Å². The quantitative estimate of drug-likeness (QED) is 0.199. The number of halogens is 1. The van der Waals surface area contributed by atoms with Gasteiger partial charge in [0.05, 0.1) is 38.7 Å². The van der Waals surface area contributed by atoms with Crippen LogP contribution in [0.5, 0.6) is 0 Å². The highest BCUT2D eigenvalue weighted by Gasteiger charge is 2.65. The summed E-state index contributed by atoms with van der Waals surface area (Å²) >= 11 is 9.46. The Morgan fingerprint density at radius 3 is 2.70 bits per heavy atom. The Labute approximate surface area is 256 Å². The summed E-state index contributed by atoms with van der Waals surface area (Å²) in [5.41, 5.74) is 5.83. The molecular weight excluding hydrogens is 667 g/mol. The molecule has 0 amide bonds. The number of nitrogens with zero attached hydrogens (tertiary/aromatic N) is 8. The third kappa shape index (κ3) is 4.69. The molecule has 4 aromatic heterocycles. The van der Waals surface area contributed by atoms with Gasteiger partial charge >= 0.3 is 13.5 Å². The Kier molecular flexibility index (Phi) is 6.88. The van der Waals surface area contributed by atoms with Crippen molar-refractivity contribution in [1.82, 2.24) is 39.0 Å². The van der Waals surface area contributed by atoms with Crippen molar-refractivity contribution in [1.29, 1.82) is 0 Å².